The van der Waals surface area contributed by atoms with Gasteiger partial charge in [-0.3, -0.25) is 0 Å². The zero-order valence-electron chi connectivity index (χ0n) is 10.8. The van der Waals surface area contributed by atoms with Crippen LogP contribution in [0, 0.1) is 5.82 Å². The second kappa shape index (κ2) is 5.85. The van der Waals surface area contributed by atoms with Crippen LogP contribution in [0.25, 0.3) is 0 Å². The molecule has 0 aliphatic heterocycles. The van der Waals surface area contributed by atoms with Crippen LogP contribution in [0.3, 0.4) is 0 Å². The molecule has 1 aromatic rings. The number of hydrogen-bond donors (Lipinski definition) is 1. The first kappa shape index (κ1) is 14.5. The molecule has 0 aromatic heterocycles. The van der Waals surface area contributed by atoms with Crippen molar-refractivity contribution in [3.8, 4) is 0 Å². The van der Waals surface area contributed by atoms with E-state index in [0.717, 1.165) is 12.0 Å². The van der Waals surface area contributed by atoms with Gasteiger partial charge in [0.1, 0.15) is 10.6 Å². The van der Waals surface area contributed by atoms with E-state index < -0.39 is 11.4 Å². The molecule has 17 heavy (non-hydrogen) atoms. The summed E-state index contributed by atoms with van der Waals surface area (Å²) in [6.45, 7) is 7.72. The van der Waals surface area contributed by atoms with E-state index in [9.17, 15) is 8.94 Å². The zero-order valence-corrected chi connectivity index (χ0v) is 11.6. The van der Waals surface area contributed by atoms with Crippen LogP contribution in [0.5, 0.6) is 0 Å². The van der Waals surface area contributed by atoms with Crippen molar-refractivity contribution in [1.82, 2.24) is 4.72 Å². The highest BCUT2D eigenvalue weighted by Crippen LogP contribution is 2.22. The largest absolute Gasteiger partial charge is 0.598 e. The molecule has 1 N–H and O–H groups in total. The molecule has 0 aliphatic carbocycles. The van der Waals surface area contributed by atoms with Crippen molar-refractivity contribution in [1.29, 1.82) is 0 Å². The predicted octanol–water partition coefficient (Wildman–Crippen LogP) is 3.33. The number of benzene rings is 1. The smallest absolute Gasteiger partial charge is 0.136 e. The van der Waals surface area contributed by atoms with Crippen LogP contribution in [0.2, 0.25) is 0 Å². The molecule has 0 saturated heterocycles. The number of halogens is 1. The molecular weight excluding hydrogens is 237 g/mol. The molecule has 0 fully saturated rings. The summed E-state index contributed by atoms with van der Waals surface area (Å²) < 4.78 is 27.9. The van der Waals surface area contributed by atoms with Crippen molar-refractivity contribution < 1.29 is 8.94 Å². The highest BCUT2D eigenvalue weighted by Gasteiger charge is 2.29. The topological polar surface area (TPSA) is 35.1 Å². The fraction of sp³-hybridized carbons (Fsp3) is 0.538. The molecular formula is C13H20FNOS. The fourth-order valence-electron chi connectivity index (χ4n) is 1.42. The summed E-state index contributed by atoms with van der Waals surface area (Å²) in [6, 6.07) is 6.35. The molecule has 2 atom stereocenters. The standard InChI is InChI=1S/C13H20FNOS/c1-5-12(15-17(16)13(2,3)4)10-7-6-8-11(14)9-10/h6-9,12,15H,5H2,1-4H3/t12-,17-/m1/s1. The van der Waals surface area contributed by atoms with Crippen molar-refractivity contribution in [2.75, 3.05) is 0 Å². The lowest BCUT2D eigenvalue weighted by Crippen LogP contribution is -2.41. The SMILES string of the molecule is CC[C@@H](N[S@+]([O-])C(C)(C)C)c1cccc(F)c1. The summed E-state index contributed by atoms with van der Waals surface area (Å²) in [5, 5.41) is 0. The Labute approximate surface area is 106 Å². The van der Waals surface area contributed by atoms with Gasteiger partial charge in [-0.05, 0) is 44.9 Å². The summed E-state index contributed by atoms with van der Waals surface area (Å²) in [7, 11) is 0. The third kappa shape index (κ3) is 4.30. The van der Waals surface area contributed by atoms with Crippen molar-refractivity contribution in [2.24, 2.45) is 0 Å². The van der Waals surface area contributed by atoms with Crippen molar-refractivity contribution in [3.05, 3.63) is 35.6 Å². The molecule has 0 amide bonds. The number of rotatable bonds is 4. The Bertz CT molecular complexity index is 365. The number of nitrogens with one attached hydrogen (secondary N) is 1. The molecule has 0 bridgehead atoms. The molecule has 1 rings (SSSR count). The lowest BCUT2D eigenvalue weighted by Gasteiger charge is -2.27. The van der Waals surface area contributed by atoms with Crippen LogP contribution >= 0.6 is 0 Å². The van der Waals surface area contributed by atoms with E-state index in [-0.39, 0.29) is 16.6 Å². The lowest BCUT2D eigenvalue weighted by atomic mass is 10.1. The van der Waals surface area contributed by atoms with E-state index in [1.807, 2.05) is 33.8 Å². The van der Waals surface area contributed by atoms with Gasteiger partial charge in [0, 0.05) is 11.4 Å². The average Bonchev–Trinajstić information content (AvgIpc) is 2.24. The Balaban J connectivity index is 2.79. The Morgan fingerprint density at radius 3 is 2.53 bits per heavy atom. The van der Waals surface area contributed by atoms with Crippen molar-refractivity contribution >= 4 is 11.4 Å². The minimum Gasteiger partial charge on any atom is -0.598 e. The molecule has 4 heteroatoms. The lowest BCUT2D eigenvalue weighted by molar-refractivity contribution is 0.517. The summed E-state index contributed by atoms with van der Waals surface area (Å²) >= 11 is -1.15. The molecule has 0 radical (unpaired) electrons. The molecule has 96 valence electrons. The maximum atomic E-state index is 13.1. The van der Waals surface area contributed by atoms with E-state index in [0.29, 0.717) is 0 Å². The molecule has 1 aromatic carbocycles. The third-order valence-corrected chi connectivity index (χ3v) is 4.08. The Morgan fingerprint density at radius 2 is 2.06 bits per heavy atom. The Morgan fingerprint density at radius 1 is 1.41 bits per heavy atom. The highest BCUT2D eigenvalue weighted by molar-refractivity contribution is 7.90. The van der Waals surface area contributed by atoms with Crippen LogP contribution in [-0.4, -0.2) is 9.30 Å². The van der Waals surface area contributed by atoms with Gasteiger partial charge in [0.2, 0.25) is 0 Å². The quantitative estimate of drug-likeness (QED) is 0.840. The maximum absolute atomic E-state index is 13.1. The van der Waals surface area contributed by atoms with Crippen molar-refractivity contribution in [2.45, 2.75) is 44.9 Å². The van der Waals surface area contributed by atoms with E-state index in [2.05, 4.69) is 4.72 Å². The number of hydrogen-bond acceptors (Lipinski definition) is 2. The first-order valence-corrected chi connectivity index (χ1v) is 6.93. The molecule has 0 heterocycles. The molecule has 0 unspecified atom stereocenters. The predicted molar refractivity (Wildman–Crippen MR) is 70.5 cm³/mol. The van der Waals surface area contributed by atoms with Crippen LogP contribution < -0.4 is 4.72 Å². The van der Waals surface area contributed by atoms with Gasteiger partial charge in [0.05, 0.1) is 6.04 Å². The average molecular weight is 257 g/mol. The first-order valence-electron chi connectivity index (χ1n) is 5.78. The van der Waals surface area contributed by atoms with Gasteiger partial charge in [-0.1, -0.05) is 19.1 Å². The Hall–Kier alpha value is -0.580. The first-order chi connectivity index (χ1) is 7.84. The van der Waals surface area contributed by atoms with E-state index in [4.69, 9.17) is 0 Å². The normalized spacial score (nSPS) is 15.6. The summed E-state index contributed by atoms with van der Waals surface area (Å²) in [5.74, 6) is -0.260. The van der Waals surface area contributed by atoms with Gasteiger partial charge < -0.3 is 4.55 Å². The van der Waals surface area contributed by atoms with E-state index >= 15 is 0 Å². The molecule has 0 saturated carbocycles. The van der Waals surface area contributed by atoms with Crippen LogP contribution in [0.1, 0.15) is 45.7 Å². The minimum atomic E-state index is -1.15. The van der Waals surface area contributed by atoms with Crippen molar-refractivity contribution in [3.63, 3.8) is 0 Å². The van der Waals surface area contributed by atoms with Gasteiger partial charge in [0.25, 0.3) is 0 Å². The fourth-order valence-corrected chi connectivity index (χ4v) is 2.33. The summed E-state index contributed by atoms with van der Waals surface area (Å²) in [5.41, 5.74) is 0.838. The van der Waals surface area contributed by atoms with Gasteiger partial charge in [-0.2, -0.15) is 0 Å². The zero-order chi connectivity index (χ0) is 13.1. The second-order valence-corrected chi connectivity index (χ2v) is 7.01. The van der Waals surface area contributed by atoms with Crippen LogP contribution in [0.15, 0.2) is 24.3 Å². The maximum Gasteiger partial charge on any atom is 0.136 e. The summed E-state index contributed by atoms with van der Waals surface area (Å²) in [4.78, 5) is 0. The van der Waals surface area contributed by atoms with Crippen LogP contribution in [0.4, 0.5) is 4.39 Å². The molecule has 0 spiro atoms. The van der Waals surface area contributed by atoms with Gasteiger partial charge in [-0.15, -0.1) is 4.72 Å². The Kier molecular flexibility index (Phi) is 4.98. The highest BCUT2D eigenvalue weighted by atomic mass is 32.2. The van der Waals surface area contributed by atoms with E-state index in [1.54, 1.807) is 6.07 Å². The van der Waals surface area contributed by atoms with E-state index in [1.165, 1.54) is 12.1 Å². The monoisotopic (exact) mass is 257 g/mol. The van der Waals surface area contributed by atoms with Gasteiger partial charge in [-0.25, -0.2) is 4.39 Å². The molecule has 2 nitrogen and oxygen atoms in total. The second-order valence-electron chi connectivity index (χ2n) is 5.01. The molecule has 0 aliphatic rings. The van der Waals surface area contributed by atoms with Gasteiger partial charge >= 0.3 is 0 Å². The minimum absolute atomic E-state index is 0.0780. The summed E-state index contributed by atoms with van der Waals surface area (Å²) in [6.07, 6.45) is 0.769. The van der Waals surface area contributed by atoms with Crippen LogP contribution in [-0.2, 0) is 11.4 Å². The third-order valence-electron chi connectivity index (χ3n) is 2.46. The van der Waals surface area contributed by atoms with Gasteiger partial charge in [0.15, 0.2) is 0 Å².